The van der Waals surface area contributed by atoms with Crippen LogP contribution < -0.4 is 10.1 Å². The van der Waals surface area contributed by atoms with Crippen LogP contribution in [0, 0.1) is 0 Å². The summed E-state index contributed by atoms with van der Waals surface area (Å²) in [7, 11) is 1.64. The van der Waals surface area contributed by atoms with Gasteiger partial charge in [0.1, 0.15) is 5.75 Å². The van der Waals surface area contributed by atoms with E-state index in [0.717, 1.165) is 49.5 Å². The largest absolute Gasteiger partial charge is 0.497 e. The zero-order chi connectivity index (χ0) is 20.8. The van der Waals surface area contributed by atoms with E-state index in [9.17, 15) is 4.79 Å². The summed E-state index contributed by atoms with van der Waals surface area (Å²) in [6.45, 7) is 2.96. The van der Waals surface area contributed by atoms with E-state index in [1.807, 2.05) is 36.4 Å². The van der Waals surface area contributed by atoms with Crippen LogP contribution in [0.5, 0.6) is 5.75 Å². The summed E-state index contributed by atoms with van der Waals surface area (Å²) in [5.41, 5.74) is 3.72. The van der Waals surface area contributed by atoms with Crippen LogP contribution in [-0.2, 0) is 6.54 Å². The molecule has 1 aliphatic rings. The topological polar surface area (TPSA) is 54.5 Å². The number of likely N-dealkylation sites (tertiary alicyclic amines) is 1. The van der Waals surface area contributed by atoms with Crippen molar-refractivity contribution in [2.45, 2.75) is 25.4 Å². The van der Waals surface area contributed by atoms with Gasteiger partial charge < -0.3 is 10.1 Å². The SMILES string of the molecule is COc1ccc(-c2cc(C(=O)NC3CCN(Cc4ccccc4)CC3)ccn2)cc1. The molecular formula is C25H27N3O2. The molecule has 2 aromatic carbocycles. The molecule has 1 amide bonds. The number of nitrogens with one attached hydrogen (secondary N) is 1. The molecule has 1 saturated heterocycles. The third-order valence-electron chi connectivity index (χ3n) is 5.58. The van der Waals surface area contributed by atoms with Crippen LogP contribution in [0.15, 0.2) is 72.9 Å². The van der Waals surface area contributed by atoms with Crippen molar-refractivity contribution in [3.05, 3.63) is 84.1 Å². The van der Waals surface area contributed by atoms with Crippen molar-refractivity contribution < 1.29 is 9.53 Å². The van der Waals surface area contributed by atoms with Crippen molar-refractivity contribution in [3.63, 3.8) is 0 Å². The first-order valence-electron chi connectivity index (χ1n) is 10.4. The van der Waals surface area contributed by atoms with E-state index in [1.165, 1.54) is 5.56 Å². The monoisotopic (exact) mass is 401 g/mol. The first-order valence-corrected chi connectivity index (χ1v) is 10.4. The fourth-order valence-electron chi connectivity index (χ4n) is 3.84. The summed E-state index contributed by atoms with van der Waals surface area (Å²) in [6, 6.07) is 22.1. The minimum absolute atomic E-state index is 0.0336. The third kappa shape index (κ3) is 5.05. The van der Waals surface area contributed by atoms with Crippen LogP contribution in [0.3, 0.4) is 0 Å². The van der Waals surface area contributed by atoms with Gasteiger partial charge >= 0.3 is 0 Å². The van der Waals surface area contributed by atoms with E-state index >= 15 is 0 Å². The summed E-state index contributed by atoms with van der Waals surface area (Å²) in [5, 5.41) is 3.20. The van der Waals surface area contributed by atoms with Crippen LogP contribution in [0.4, 0.5) is 0 Å². The maximum absolute atomic E-state index is 12.8. The lowest BCUT2D eigenvalue weighted by molar-refractivity contribution is 0.0909. The number of pyridine rings is 1. The third-order valence-corrected chi connectivity index (χ3v) is 5.58. The summed E-state index contributed by atoms with van der Waals surface area (Å²) in [6.07, 6.45) is 3.63. The predicted molar refractivity (Wildman–Crippen MR) is 118 cm³/mol. The lowest BCUT2D eigenvalue weighted by Crippen LogP contribution is -2.44. The van der Waals surface area contributed by atoms with E-state index in [-0.39, 0.29) is 11.9 Å². The Kier molecular flexibility index (Phi) is 6.40. The highest BCUT2D eigenvalue weighted by Gasteiger charge is 2.21. The molecule has 0 spiro atoms. The lowest BCUT2D eigenvalue weighted by Gasteiger charge is -2.32. The Hall–Kier alpha value is -3.18. The maximum atomic E-state index is 12.8. The number of benzene rings is 2. The Morgan fingerprint density at radius 3 is 2.50 bits per heavy atom. The lowest BCUT2D eigenvalue weighted by atomic mass is 10.0. The molecule has 0 bridgehead atoms. The fourth-order valence-corrected chi connectivity index (χ4v) is 3.84. The van der Waals surface area contributed by atoms with Gasteiger partial charge in [-0.3, -0.25) is 14.7 Å². The van der Waals surface area contributed by atoms with Gasteiger partial charge in [-0.1, -0.05) is 30.3 Å². The molecule has 30 heavy (non-hydrogen) atoms. The van der Waals surface area contributed by atoms with Gasteiger partial charge in [0.15, 0.2) is 0 Å². The normalized spacial score (nSPS) is 15.0. The van der Waals surface area contributed by atoms with Crippen LogP contribution in [0.1, 0.15) is 28.8 Å². The van der Waals surface area contributed by atoms with E-state index in [1.54, 1.807) is 19.4 Å². The summed E-state index contributed by atoms with van der Waals surface area (Å²) < 4.78 is 5.20. The van der Waals surface area contributed by atoms with Gasteiger partial charge in [0.25, 0.3) is 5.91 Å². The first-order chi connectivity index (χ1) is 14.7. The number of carbonyl (C=O) groups is 1. The average molecular weight is 402 g/mol. The second-order valence-corrected chi connectivity index (χ2v) is 7.67. The Bertz CT molecular complexity index is 965. The molecule has 1 aliphatic heterocycles. The Balaban J connectivity index is 1.33. The molecule has 5 heteroatoms. The second-order valence-electron chi connectivity index (χ2n) is 7.67. The Morgan fingerprint density at radius 1 is 1.07 bits per heavy atom. The van der Waals surface area contributed by atoms with Crippen LogP contribution >= 0.6 is 0 Å². The zero-order valence-corrected chi connectivity index (χ0v) is 17.3. The number of hydrogen-bond acceptors (Lipinski definition) is 4. The molecular weight excluding hydrogens is 374 g/mol. The van der Waals surface area contributed by atoms with Gasteiger partial charge in [-0.2, -0.15) is 0 Å². The van der Waals surface area contributed by atoms with Crippen LogP contribution in [-0.4, -0.2) is 42.0 Å². The fraction of sp³-hybridized carbons (Fsp3) is 0.280. The average Bonchev–Trinajstić information content (AvgIpc) is 2.81. The zero-order valence-electron chi connectivity index (χ0n) is 17.3. The number of methoxy groups -OCH3 is 1. The van der Waals surface area contributed by atoms with Crippen molar-refractivity contribution in [1.29, 1.82) is 0 Å². The van der Waals surface area contributed by atoms with Crippen molar-refractivity contribution in [1.82, 2.24) is 15.2 Å². The molecule has 0 saturated carbocycles. The van der Waals surface area contributed by atoms with Crippen molar-refractivity contribution >= 4 is 5.91 Å². The first kappa shape index (κ1) is 20.1. The van der Waals surface area contributed by atoms with Crippen LogP contribution in [0.2, 0.25) is 0 Å². The standard InChI is InChI=1S/C25H27N3O2/c1-30-23-9-7-20(8-10-23)24-17-21(11-14-26-24)25(29)27-22-12-15-28(16-13-22)18-19-5-3-2-4-6-19/h2-11,14,17,22H,12-13,15-16,18H2,1H3,(H,27,29). The maximum Gasteiger partial charge on any atom is 0.251 e. The number of nitrogens with zero attached hydrogens (tertiary/aromatic N) is 2. The van der Waals surface area contributed by atoms with Crippen molar-refractivity contribution in [2.24, 2.45) is 0 Å². The smallest absolute Gasteiger partial charge is 0.251 e. The highest BCUT2D eigenvalue weighted by molar-refractivity contribution is 5.95. The van der Waals surface area contributed by atoms with E-state index in [4.69, 9.17) is 4.74 Å². The molecule has 0 unspecified atom stereocenters. The molecule has 1 aromatic heterocycles. The number of hydrogen-bond donors (Lipinski definition) is 1. The number of aromatic nitrogens is 1. The molecule has 4 rings (SSSR count). The Labute approximate surface area is 177 Å². The molecule has 0 radical (unpaired) electrons. The molecule has 1 N–H and O–H groups in total. The van der Waals surface area contributed by atoms with Gasteiger partial charge in [-0.15, -0.1) is 0 Å². The molecule has 2 heterocycles. The molecule has 0 atom stereocenters. The quantitative estimate of drug-likeness (QED) is 0.674. The van der Waals surface area contributed by atoms with E-state index in [2.05, 4.69) is 39.5 Å². The summed E-state index contributed by atoms with van der Waals surface area (Å²) >= 11 is 0. The number of carbonyl (C=O) groups excluding carboxylic acids is 1. The molecule has 3 aromatic rings. The van der Waals surface area contributed by atoms with Gasteiger partial charge in [-0.25, -0.2) is 0 Å². The number of piperidine rings is 1. The molecule has 154 valence electrons. The van der Waals surface area contributed by atoms with Gasteiger partial charge in [0.05, 0.1) is 12.8 Å². The van der Waals surface area contributed by atoms with Gasteiger partial charge in [-0.05, 0) is 54.8 Å². The van der Waals surface area contributed by atoms with Crippen LogP contribution in [0.25, 0.3) is 11.3 Å². The van der Waals surface area contributed by atoms with Gasteiger partial charge in [0.2, 0.25) is 0 Å². The van der Waals surface area contributed by atoms with E-state index < -0.39 is 0 Å². The summed E-state index contributed by atoms with van der Waals surface area (Å²) in [4.78, 5) is 19.7. The second kappa shape index (κ2) is 9.55. The van der Waals surface area contributed by atoms with Crippen molar-refractivity contribution in [3.8, 4) is 17.0 Å². The minimum atomic E-state index is -0.0336. The van der Waals surface area contributed by atoms with Crippen molar-refractivity contribution in [2.75, 3.05) is 20.2 Å². The molecule has 1 fully saturated rings. The highest BCUT2D eigenvalue weighted by Crippen LogP contribution is 2.21. The van der Waals surface area contributed by atoms with Gasteiger partial charge in [0, 0.05) is 43.0 Å². The Morgan fingerprint density at radius 2 is 1.80 bits per heavy atom. The number of ether oxygens (including phenoxy) is 1. The minimum Gasteiger partial charge on any atom is -0.497 e. The number of rotatable bonds is 6. The highest BCUT2D eigenvalue weighted by atomic mass is 16.5. The number of amides is 1. The predicted octanol–water partition coefficient (Wildman–Crippen LogP) is 4.15. The van der Waals surface area contributed by atoms with E-state index in [0.29, 0.717) is 5.56 Å². The molecule has 5 nitrogen and oxygen atoms in total. The summed E-state index contributed by atoms with van der Waals surface area (Å²) in [5.74, 6) is 0.764. The molecule has 0 aliphatic carbocycles.